The monoisotopic (exact) mass is 474 g/mol. The van der Waals surface area contributed by atoms with Crippen molar-refractivity contribution in [2.75, 3.05) is 44.2 Å². The fourth-order valence-corrected chi connectivity index (χ4v) is 5.48. The minimum Gasteiger partial charge on any atom is -0.486 e. The van der Waals surface area contributed by atoms with E-state index in [2.05, 4.69) is 4.72 Å². The summed E-state index contributed by atoms with van der Waals surface area (Å²) in [5, 5.41) is 0. The third-order valence-electron chi connectivity index (χ3n) is 6.00. The number of carbonyl (C=O) groups excluding carboxylic acids is 1. The number of anilines is 1. The number of para-hydroxylation sites is 1. The van der Waals surface area contributed by atoms with Crippen LogP contribution in [0.2, 0.25) is 0 Å². The van der Waals surface area contributed by atoms with Crippen LogP contribution >= 0.6 is 0 Å². The summed E-state index contributed by atoms with van der Waals surface area (Å²) in [7, 11) is -3.95. The number of nitrogens with one attached hydrogen (secondary N) is 1. The molecule has 0 aromatic heterocycles. The summed E-state index contributed by atoms with van der Waals surface area (Å²) in [6, 6.07) is 11.1. The van der Waals surface area contributed by atoms with Crippen LogP contribution in [0.4, 0.5) is 5.69 Å². The Morgan fingerprint density at radius 2 is 1.73 bits per heavy atom. The normalized spacial score (nSPS) is 21.1. The van der Waals surface area contributed by atoms with Gasteiger partial charge in [-0.3, -0.25) is 9.52 Å². The molecule has 2 fully saturated rings. The second-order valence-electron chi connectivity index (χ2n) is 8.22. The molecule has 9 nitrogen and oxygen atoms in total. The largest absolute Gasteiger partial charge is 0.486 e. The van der Waals surface area contributed by atoms with Crippen molar-refractivity contribution in [3.05, 3.63) is 48.0 Å². The Bertz CT molecular complexity index is 1130. The molecule has 2 aromatic carbocycles. The molecule has 176 valence electrons. The number of nitrogens with zero attached hydrogens (tertiary/aromatic N) is 1. The minimum atomic E-state index is -3.95. The van der Waals surface area contributed by atoms with E-state index in [-0.39, 0.29) is 28.7 Å². The third kappa shape index (κ3) is 4.64. The fourth-order valence-electron chi connectivity index (χ4n) is 4.39. The smallest absolute Gasteiger partial charge is 0.262 e. The molecule has 0 spiro atoms. The highest BCUT2D eigenvalue weighted by Crippen LogP contribution is 2.33. The highest BCUT2D eigenvalue weighted by atomic mass is 32.2. The summed E-state index contributed by atoms with van der Waals surface area (Å²) >= 11 is 0. The summed E-state index contributed by atoms with van der Waals surface area (Å²) in [6.45, 7) is 3.02. The SMILES string of the molecule is O=C(c1ccccc1NS(=O)(=O)c1ccc2c(c1)OCCO2)N1CCCC(C2OCCO2)C1. The standard InChI is InChI=1S/C23H26N2O7S/c26-22(25-9-3-4-16(15-25)23-31-12-13-32-23)18-5-1-2-6-19(18)24-33(27,28)17-7-8-20-21(14-17)30-11-10-29-20/h1-2,5-8,14,16,23-24H,3-4,9-13,15H2. The average molecular weight is 475 g/mol. The van der Waals surface area contributed by atoms with Gasteiger partial charge in [0.1, 0.15) is 13.2 Å². The Kier molecular flexibility index (Phi) is 6.13. The lowest BCUT2D eigenvalue weighted by Gasteiger charge is -2.35. The number of hydrogen-bond donors (Lipinski definition) is 1. The molecule has 0 bridgehead atoms. The van der Waals surface area contributed by atoms with Gasteiger partial charge in [0.15, 0.2) is 17.8 Å². The number of amides is 1. The van der Waals surface area contributed by atoms with Crippen molar-refractivity contribution in [1.29, 1.82) is 0 Å². The molecular formula is C23H26N2O7S. The maximum Gasteiger partial charge on any atom is 0.262 e. The van der Waals surface area contributed by atoms with Crippen LogP contribution in [0, 0.1) is 5.92 Å². The predicted octanol–water partition coefficient (Wildman–Crippen LogP) is 2.48. The molecule has 0 aliphatic carbocycles. The van der Waals surface area contributed by atoms with Crippen molar-refractivity contribution in [1.82, 2.24) is 4.90 Å². The van der Waals surface area contributed by atoms with E-state index in [0.29, 0.717) is 56.6 Å². The van der Waals surface area contributed by atoms with Crippen LogP contribution in [0.5, 0.6) is 11.5 Å². The van der Waals surface area contributed by atoms with Crippen molar-refractivity contribution in [2.45, 2.75) is 24.0 Å². The van der Waals surface area contributed by atoms with Gasteiger partial charge in [0.25, 0.3) is 15.9 Å². The van der Waals surface area contributed by atoms with Gasteiger partial charge < -0.3 is 23.8 Å². The number of sulfonamides is 1. The van der Waals surface area contributed by atoms with Crippen molar-refractivity contribution >= 4 is 21.6 Å². The zero-order valence-electron chi connectivity index (χ0n) is 18.1. The van der Waals surface area contributed by atoms with Gasteiger partial charge in [-0.2, -0.15) is 0 Å². The molecule has 2 aromatic rings. The van der Waals surface area contributed by atoms with E-state index >= 15 is 0 Å². The molecule has 3 aliphatic rings. The molecule has 0 saturated carbocycles. The van der Waals surface area contributed by atoms with E-state index in [1.165, 1.54) is 12.1 Å². The Balaban J connectivity index is 1.36. The zero-order chi connectivity index (χ0) is 22.8. The van der Waals surface area contributed by atoms with Crippen LogP contribution < -0.4 is 14.2 Å². The van der Waals surface area contributed by atoms with Crippen LogP contribution in [-0.4, -0.2) is 65.0 Å². The van der Waals surface area contributed by atoms with Gasteiger partial charge in [-0.25, -0.2) is 8.42 Å². The summed E-state index contributed by atoms with van der Waals surface area (Å²) in [5.41, 5.74) is 0.528. The lowest BCUT2D eigenvalue weighted by atomic mass is 9.96. The minimum absolute atomic E-state index is 0.0302. The molecule has 1 atom stereocenters. The van der Waals surface area contributed by atoms with Gasteiger partial charge in [-0.1, -0.05) is 12.1 Å². The number of hydrogen-bond acceptors (Lipinski definition) is 7. The van der Waals surface area contributed by atoms with Crippen molar-refractivity contribution in [2.24, 2.45) is 5.92 Å². The molecule has 10 heteroatoms. The van der Waals surface area contributed by atoms with E-state index in [4.69, 9.17) is 18.9 Å². The van der Waals surface area contributed by atoms with Crippen molar-refractivity contribution < 1.29 is 32.2 Å². The molecule has 3 heterocycles. The molecule has 33 heavy (non-hydrogen) atoms. The first-order chi connectivity index (χ1) is 16.0. The first kappa shape index (κ1) is 22.0. The second kappa shape index (κ2) is 9.20. The molecule has 1 N–H and O–H groups in total. The maximum absolute atomic E-state index is 13.4. The molecule has 0 radical (unpaired) electrons. The van der Waals surface area contributed by atoms with Gasteiger partial charge in [-0.05, 0) is 37.1 Å². The molecule has 1 amide bonds. The highest BCUT2D eigenvalue weighted by molar-refractivity contribution is 7.92. The summed E-state index contributed by atoms with van der Waals surface area (Å²) < 4.78 is 51.0. The Morgan fingerprint density at radius 1 is 0.970 bits per heavy atom. The van der Waals surface area contributed by atoms with Gasteiger partial charge >= 0.3 is 0 Å². The van der Waals surface area contributed by atoms with Crippen LogP contribution in [0.15, 0.2) is 47.4 Å². The summed E-state index contributed by atoms with van der Waals surface area (Å²) in [6.07, 6.45) is 1.47. The first-order valence-corrected chi connectivity index (χ1v) is 12.5. The number of fused-ring (bicyclic) bond motifs is 1. The zero-order valence-corrected chi connectivity index (χ0v) is 18.9. The highest BCUT2D eigenvalue weighted by Gasteiger charge is 2.34. The van der Waals surface area contributed by atoms with E-state index < -0.39 is 10.0 Å². The molecule has 5 rings (SSSR count). The van der Waals surface area contributed by atoms with E-state index in [1.54, 1.807) is 35.2 Å². The van der Waals surface area contributed by atoms with E-state index in [1.807, 2.05) is 0 Å². The molecular weight excluding hydrogens is 448 g/mol. The molecule has 3 aliphatic heterocycles. The Labute approximate surface area is 192 Å². The quantitative estimate of drug-likeness (QED) is 0.710. The van der Waals surface area contributed by atoms with Crippen LogP contribution in [0.1, 0.15) is 23.2 Å². The molecule has 1 unspecified atom stereocenters. The predicted molar refractivity (Wildman–Crippen MR) is 119 cm³/mol. The second-order valence-corrected chi connectivity index (χ2v) is 9.90. The summed E-state index contributed by atoms with van der Waals surface area (Å²) in [4.78, 5) is 15.1. The van der Waals surface area contributed by atoms with Crippen LogP contribution in [-0.2, 0) is 19.5 Å². The first-order valence-electron chi connectivity index (χ1n) is 11.1. The number of benzene rings is 2. The van der Waals surface area contributed by atoms with Gasteiger partial charge in [0.2, 0.25) is 0 Å². The number of carbonyl (C=O) groups is 1. The van der Waals surface area contributed by atoms with Gasteiger partial charge in [-0.15, -0.1) is 0 Å². The fraction of sp³-hybridized carbons (Fsp3) is 0.435. The number of rotatable bonds is 5. The number of piperidine rings is 1. The maximum atomic E-state index is 13.4. The van der Waals surface area contributed by atoms with Crippen molar-refractivity contribution in [3.8, 4) is 11.5 Å². The Morgan fingerprint density at radius 3 is 2.55 bits per heavy atom. The van der Waals surface area contributed by atoms with Gasteiger partial charge in [0, 0.05) is 25.1 Å². The lowest BCUT2D eigenvalue weighted by Crippen LogP contribution is -2.44. The number of likely N-dealkylation sites (tertiary alicyclic amines) is 1. The van der Waals surface area contributed by atoms with Crippen LogP contribution in [0.25, 0.3) is 0 Å². The summed E-state index contributed by atoms with van der Waals surface area (Å²) in [5.74, 6) is 0.764. The third-order valence-corrected chi connectivity index (χ3v) is 7.37. The topological polar surface area (TPSA) is 103 Å². The number of ether oxygens (including phenoxy) is 4. The Hall–Kier alpha value is -2.82. The lowest BCUT2D eigenvalue weighted by molar-refractivity contribution is -0.0969. The van der Waals surface area contributed by atoms with Crippen molar-refractivity contribution in [3.63, 3.8) is 0 Å². The molecule has 2 saturated heterocycles. The van der Waals surface area contributed by atoms with Gasteiger partial charge in [0.05, 0.1) is 29.4 Å². The average Bonchev–Trinajstić information content (AvgIpc) is 3.39. The van der Waals surface area contributed by atoms with E-state index in [0.717, 1.165) is 12.8 Å². The van der Waals surface area contributed by atoms with Crippen LogP contribution in [0.3, 0.4) is 0 Å². The van der Waals surface area contributed by atoms with E-state index in [9.17, 15) is 13.2 Å².